The van der Waals surface area contributed by atoms with Crippen molar-refractivity contribution in [2.24, 2.45) is 0 Å². The molecule has 0 heterocycles. The van der Waals surface area contributed by atoms with Crippen LogP contribution in [0.4, 0.5) is 5.69 Å². The Labute approximate surface area is 141 Å². The summed E-state index contributed by atoms with van der Waals surface area (Å²) in [6, 6.07) is 7.38. The smallest absolute Gasteiger partial charge is 0.314 e. The maximum absolute atomic E-state index is 12.0. The second kappa shape index (κ2) is 10.3. The fourth-order valence-corrected chi connectivity index (χ4v) is 3.30. The van der Waals surface area contributed by atoms with Crippen molar-refractivity contribution in [2.75, 3.05) is 5.73 Å². The van der Waals surface area contributed by atoms with Gasteiger partial charge in [0.25, 0.3) is 0 Å². The Morgan fingerprint density at radius 2 is 1.65 bits per heavy atom. The predicted molar refractivity (Wildman–Crippen MR) is 97.7 cm³/mol. The van der Waals surface area contributed by atoms with Crippen LogP contribution in [0.15, 0.2) is 24.3 Å². The Balaban J connectivity index is 2.54. The van der Waals surface area contributed by atoms with Crippen molar-refractivity contribution in [2.45, 2.75) is 83.5 Å². The lowest BCUT2D eigenvalue weighted by Crippen LogP contribution is -2.35. The molecule has 1 rings (SSSR count). The molecule has 1 atom stereocenters. The molecule has 0 fully saturated rings. The van der Waals surface area contributed by atoms with Gasteiger partial charge in [0, 0.05) is 5.69 Å². The minimum absolute atomic E-state index is 0.599. The van der Waals surface area contributed by atoms with Gasteiger partial charge < -0.3 is 10.8 Å². The lowest BCUT2D eigenvalue weighted by Gasteiger charge is -2.29. The lowest BCUT2D eigenvalue weighted by molar-refractivity contribution is -0.144. The summed E-state index contributed by atoms with van der Waals surface area (Å²) in [5, 5.41) is 9.83. The van der Waals surface area contributed by atoms with Crippen molar-refractivity contribution in [1.82, 2.24) is 0 Å². The molecule has 0 aliphatic heterocycles. The van der Waals surface area contributed by atoms with Crippen molar-refractivity contribution >= 4 is 11.7 Å². The van der Waals surface area contributed by atoms with Gasteiger partial charge in [-0.1, -0.05) is 77.3 Å². The lowest BCUT2D eigenvalue weighted by atomic mass is 9.74. The summed E-state index contributed by atoms with van der Waals surface area (Å²) in [5.41, 5.74) is 6.54. The van der Waals surface area contributed by atoms with Crippen LogP contribution in [0.3, 0.4) is 0 Å². The molecule has 0 spiro atoms. The maximum Gasteiger partial charge on any atom is 0.314 e. The summed E-state index contributed by atoms with van der Waals surface area (Å²) in [4.78, 5) is 12.0. The zero-order valence-electron chi connectivity index (χ0n) is 14.8. The number of aliphatic carboxylic acids is 1. The molecule has 3 nitrogen and oxygen atoms in total. The van der Waals surface area contributed by atoms with Crippen LogP contribution in [0.25, 0.3) is 0 Å². The molecule has 130 valence electrons. The highest BCUT2D eigenvalue weighted by Crippen LogP contribution is 2.35. The number of carbonyl (C=O) groups is 1. The van der Waals surface area contributed by atoms with Crippen LogP contribution in [0, 0.1) is 0 Å². The molecule has 0 aliphatic carbocycles. The monoisotopic (exact) mass is 319 g/mol. The second-order valence-corrected chi connectivity index (χ2v) is 6.59. The van der Waals surface area contributed by atoms with Crippen LogP contribution in [-0.4, -0.2) is 11.1 Å². The van der Waals surface area contributed by atoms with Gasteiger partial charge in [0.1, 0.15) is 0 Å². The number of hydrogen-bond acceptors (Lipinski definition) is 2. The average molecular weight is 319 g/mol. The van der Waals surface area contributed by atoms with Gasteiger partial charge in [0.2, 0.25) is 0 Å². The van der Waals surface area contributed by atoms with Crippen LogP contribution in [-0.2, 0) is 10.2 Å². The first kappa shape index (κ1) is 19.5. The Bertz CT molecular complexity index is 472. The summed E-state index contributed by atoms with van der Waals surface area (Å²) in [5.74, 6) is -0.728. The maximum atomic E-state index is 12.0. The van der Waals surface area contributed by atoms with Crippen LogP contribution < -0.4 is 5.73 Å². The van der Waals surface area contributed by atoms with Gasteiger partial charge in [-0.05, 0) is 30.5 Å². The number of hydrogen-bond donors (Lipinski definition) is 2. The summed E-state index contributed by atoms with van der Waals surface area (Å²) in [6.07, 6.45) is 11.1. The van der Waals surface area contributed by atoms with Crippen LogP contribution >= 0.6 is 0 Å². The third-order valence-corrected chi connectivity index (χ3v) is 4.91. The van der Waals surface area contributed by atoms with Crippen LogP contribution in [0.1, 0.15) is 83.6 Å². The van der Waals surface area contributed by atoms with E-state index in [1.54, 1.807) is 0 Å². The zero-order chi connectivity index (χ0) is 17.1. The molecule has 3 N–H and O–H groups in total. The van der Waals surface area contributed by atoms with E-state index in [0.717, 1.165) is 18.4 Å². The van der Waals surface area contributed by atoms with Gasteiger partial charge in [-0.3, -0.25) is 4.79 Å². The first-order valence-corrected chi connectivity index (χ1v) is 9.16. The summed E-state index contributed by atoms with van der Waals surface area (Å²) in [7, 11) is 0. The number of benzene rings is 1. The number of unbranched alkanes of at least 4 members (excludes halogenated alkanes) is 7. The Morgan fingerprint density at radius 1 is 1.04 bits per heavy atom. The number of anilines is 1. The van der Waals surface area contributed by atoms with E-state index in [1.807, 2.05) is 31.2 Å². The molecule has 0 aliphatic rings. The molecule has 0 amide bonds. The number of carboxylic acids is 1. The summed E-state index contributed by atoms with van der Waals surface area (Å²) >= 11 is 0. The summed E-state index contributed by atoms with van der Waals surface area (Å²) in [6.45, 7) is 4.19. The van der Waals surface area contributed by atoms with Gasteiger partial charge >= 0.3 is 5.97 Å². The van der Waals surface area contributed by atoms with E-state index in [-0.39, 0.29) is 0 Å². The predicted octanol–water partition coefficient (Wildman–Crippen LogP) is 5.53. The molecule has 0 bridgehead atoms. The van der Waals surface area contributed by atoms with Gasteiger partial charge in [-0.15, -0.1) is 0 Å². The standard InChI is InChI=1S/C20H33NO2/c1-3-5-6-7-8-9-10-11-15-20(4-2,19(22)23)17-13-12-14-18(21)16-17/h12-14,16H,3-11,15,21H2,1-2H3,(H,22,23). The number of carboxylic acid groups (broad SMARTS) is 1. The molecule has 0 saturated carbocycles. The van der Waals surface area contributed by atoms with Crippen molar-refractivity contribution < 1.29 is 9.90 Å². The molecule has 0 saturated heterocycles. The fraction of sp³-hybridized carbons (Fsp3) is 0.650. The largest absolute Gasteiger partial charge is 0.481 e. The zero-order valence-corrected chi connectivity index (χ0v) is 14.8. The highest BCUT2D eigenvalue weighted by molar-refractivity contribution is 5.81. The third-order valence-electron chi connectivity index (χ3n) is 4.91. The van der Waals surface area contributed by atoms with Crippen molar-refractivity contribution in [3.63, 3.8) is 0 Å². The second-order valence-electron chi connectivity index (χ2n) is 6.59. The Hall–Kier alpha value is -1.51. The minimum atomic E-state index is -0.794. The topological polar surface area (TPSA) is 63.3 Å². The molecule has 0 aromatic heterocycles. The van der Waals surface area contributed by atoms with Crippen molar-refractivity contribution in [3.8, 4) is 0 Å². The molecule has 0 radical (unpaired) electrons. The molecule has 23 heavy (non-hydrogen) atoms. The van der Waals surface area contributed by atoms with Gasteiger partial charge in [-0.2, -0.15) is 0 Å². The first-order chi connectivity index (χ1) is 11.1. The average Bonchev–Trinajstić information content (AvgIpc) is 2.53. The third kappa shape index (κ3) is 5.89. The number of rotatable bonds is 12. The molecular weight excluding hydrogens is 286 g/mol. The van der Waals surface area contributed by atoms with E-state index >= 15 is 0 Å². The van der Waals surface area contributed by atoms with E-state index in [1.165, 1.54) is 38.5 Å². The van der Waals surface area contributed by atoms with Crippen LogP contribution in [0.2, 0.25) is 0 Å². The number of nitrogen functional groups attached to an aromatic ring is 1. The van der Waals surface area contributed by atoms with Gasteiger partial charge in [0.05, 0.1) is 5.41 Å². The van der Waals surface area contributed by atoms with E-state index in [9.17, 15) is 9.90 Å². The van der Waals surface area contributed by atoms with E-state index in [2.05, 4.69) is 6.92 Å². The molecule has 1 aromatic carbocycles. The molecule has 3 heteroatoms. The number of nitrogens with two attached hydrogens (primary N) is 1. The SMILES string of the molecule is CCCCCCCCCCC(CC)(C(=O)O)c1cccc(N)c1. The highest BCUT2D eigenvalue weighted by Gasteiger charge is 2.38. The van der Waals surface area contributed by atoms with Gasteiger partial charge in [-0.25, -0.2) is 0 Å². The van der Waals surface area contributed by atoms with E-state index in [4.69, 9.17) is 5.73 Å². The van der Waals surface area contributed by atoms with E-state index in [0.29, 0.717) is 18.5 Å². The Kier molecular flexibility index (Phi) is 8.75. The first-order valence-electron chi connectivity index (χ1n) is 9.16. The van der Waals surface area contributed by atoms with Crippen molar-refractivity contribution in [3.05, 3.63) is 29.8 Å². The highest BCUT2D eigenvalue weighted by atomic mass is 16.4. The molecule has 1 unspecified atom stereocenters. The quantitative estimate of drug-likeness (QED) is 0.393. The van der Waals surface area contributed by atoms with Gasteiger partial charge in [0.15, 0.2) is 0 Å². The van der Waals surface area contributed by atoms with E-state index < -0.39 is 11.4 Å². The Morgan fingerprint density at radius 3 is 2.17 bits per heavy atom. The minimum Gasteiger partial charge on any atom is -0.481 e. The fourth-order valence-electron chi connectivity index (χ4n) is 3.30. The molecular formula is C20H33NO2. The normalized spacial score (nSPS) is 13.7. The molecule has 1 aromatic rings. The summed E-state index contributed by atoms with van der Waals surface area (Å²) < 4.78 is 0. The van der Waals surface area contributed by atoms with Crippen molar-refractivity contribution in [1.29, 1.82) is 0 Å². The van der Waals surface area contributed by atoms with Crippen LogP contribution in [0.5, 0.6) is 0 Å².